The number of nitrogens with one attached hydrogen (secondary N) is 3. The first-order valence-electron chi connectivity index (χ1n) is 38.0. The number of amides is 6. The Hall–Kier alpha value is -9.68. The van der Waals surface area contributed by atoms with Gasteiger partial charge in [-0.2, -0.15) is 0 Å². The van der Waals surface area contributed by atoms with Gasteiger partial charge in [0.2, 0.25) is 35.4 Å². The molecule has 0 radical (unpaired) electrons. The number of hydrogen-bond donors (Lipinski definition) is 4. The van der Waals surface area contributed by atoms with E-state index in [4.69, 9.17) is 37.0 Å². The van der Waals surface area contributed by atoms with Gasteiger partial charge >= 0.3 is 0 Å². The summed E-state index contributed by atoms with van der Waals surface area (Å²) >= 11 is 11.4. The number of nitrogens with zero attached hydrogens (tertiary/aromatic N) is 8. The average molecular weight is 1540 g/mol. The molecular weight excluding hydrogens is 1440 g/mol. The van der Waals surface area contributed by atoms with Gasteiger partial charge in [-0.05, 0) is 119 Å². The standard InChI is InChI=1S/C30H32N4O2S.C29H34ClN3O3S.C27H27N5O2S/c1-4-20(3)28(35)32-26(21-9-6-5-7-10-21)30(36)34-18-8-11-23(34)29-33-27-24(37-29)16-17-31-25(27)22-14-12-19(2)13-15-22;1-3-18(2)27(34)31-25(19-13-16-36-17-14-19)29(35)33-15-7-11-23(33)28-32-26-21(9-6-12-24(26)37-28)20-8-4-5-10-22(20)30;1-17(28)25(33)30-23(19-11-6-3-7-12-19)27(34)32-16-8-13-20(32)26-31-24-21(35-26)14-15-29-22(24)18-9-4-2-5-10-18/h5-7,9-10,12-17,20,23,26H,4,8,11,18H2,1-3H3,(H,32,35);4-6,8-10,12,18-19,23,25H,3,7,11,13-17H2,1-2H3,(H,31,34);2-7,9-12,14-15,17,20,23H,8,13,16,28H2,1H3,(H,30,33)/t20-,23+,26+;18-,23+,25+;17-,20-,23-/m110/s1. The predicted octanol–water partition coefficient (Wildman–Crippen LogP) is 16.7. The van der Waals surface area contributed by atoms with Gasteiger partial charge in [-0.15, -0.1) is 34.0 Å². The van der Waals surface area contributed by atoms with Gasteiger partial charge in [0.05, 0.1) is 55.2 Å². The fourth-order valence-corrected chi connectivity index (χ4v) is 18.3. The quantitative estimate of drug-likeness (QED) is 0.0555. The number of likely N-dealkylation sites (tertiary alicyclic amines) is 3. The lowest BCUT2D eigenvalue weighted by Crippen LogP contribution is -2.54. The Morgan fingerprint density at radius 3 is 1.39 bits per heavy atom. The molecule has 6 amide bonds. The Morgan fingerprint density at radius 2 is 0.908 bits per heavy atom. The SMILES string of the molecule is CC[C@@H](C)C(=O)N[C@H](C(=O)N1CCC[C@H]1c1nc2c(-c3ccc(C)cc3)nccc2s1)c1ccccc1.CC[C@@H](C)C(=O)N[C@H](C(=O)N1CCC[C@H]1c1nc2c(-c3ccccc3Cl)cccc2s1)C1CCOCC1.C[C@H](N)C(=O)N[C@H](C(=O)N1CCC[C@H]1c1nc2c(-c3ccccc3)nccc2s1)c1ccccc1. The normalized spacial score (nSPS) is 18.2. The second-order valence-corrected chi connectivity index (χ2v) is 32.2. The zero-order valence-electron chi connectivity index (χ0n) is 62.3. The highest BCUT2D eigenvalue weighted by Crippen LogP contribution is 2.45. The Balaban J connectivity index is 0.000000144. The van der Waals surface area contributed by atoms with Gasteiger partial charge in [-0.1, -0.05) is 190 Å². The molecule has 0 unspecified atom stereocenters. The van der Waals surface area contributed by atoms with Gasteiger partial charge in [-0.25, -0.2) is 15.0 Å². The van der Waals surface area contributed by atoms with E-state index in [1.165, 1.54) is 5.56 Å². The summed E-state index contributed by atoms with van der Waals surface area (Å²) < 4.78 is 8.73. The summed E-state index contributed by atoms with van der Waals surface area (Å²) in [4.78, 5) is 110. The Labute approximate surface area is 653 Å². The molecule has 19 nitrogen and oxygen atoms in total. The van der Waals surface area contributed by atoms with Crippen LogP contribution in [0.5, 0.6) is 0 Å². The molecule has 15 rings (SSSR count). The summed E-state index contributed by atoms with van der Waals surface area (Å²) in [6, 6.07) is 52.0. The molecule has 4 aliphatic heterocycles. The molecule has 109 heavy (non-hydrogen) atoms. The minimum Gasteiger partial charge on any atom is -0.381 e. The number of thiazole rings is 3. The number of carbonyl (C=O) groups excluding carboxylic acids is 6. The van der Waals surface area contributed by atoms with E-state index in [2.05, 4.69) is 69.2 Å². The number of ether oxygens (including phenoxy) is 1. The van der Waals surface area contributed by atoms with Crippen molar-refractivity contribution in [3.63, 3.8) is 0 Å². The van der Waals surface area contributed by atoms with Crippen LogP contribution >= 0.6 is 45.6 Å². The van der Waals surface area contributed by atoms with Crippen LogP contribution in [0.2, 0.25) is 5.02 Å². The van der Waals surface area contributed by atoms with Gasteiger partial charge in [0.1, 0.15) is 44.2 Å². The van der Waals surface area contributed by atoms with Gasteiger partial charge in [-0.3, -0.25) is 38.7 Å². The van der Waals surface area contributed by atoms with E-state index in [9.17, 15) is 28.8 Å². The van der Waals surface area contributed by atoms with Crippen LogP contribution in [0.15, 0.2) is 182 Å². The number of nitrogens with two attached hydrogens (primary N) is 1. The summed E-state index contributed by atoms with van der Waals surface area (Å²) in [6.45, 7) is 14.6. The van der Waals surface area contributed by atoms with Gasteiger partial charge in [0.15, 0.2) is 0 Å². The van der Waals surface area contributed by atoms with Crippen LogP contribution in [0.25, 0.3) is 64.3 Å². The van der Waals surface area contributed by atoms with Crippen molar-refractivity contribution in [2.75, 3.05) is 32.8 Å². The van der Waals surface area contributed by atoms with E-state index in [0.29, 0.717) is 37.9 Å². The third-order valence-corrected chi connectivity index (χ3v) is 24.9. The lowest BCUT2D eigenvalue weighted by atomic mass is 9.90. The maximum absolute atomic E-state index is 14.1. The van der Waals surface area contributed by atoms with Crippen LogP contribution in [0.1, 0.15) is 161 Å². The first kappa shape index (κ1) is 77.5. The topological polar surface area (TPSA) is 248 Å². The van der Waals surface area contributed by atoms with E-state index in [1.54, 1.807) is 47.1 Å². The van der Waals surface area contributed by atoms with Gasteiger partial charge in [0, 0.05) is 84.4 Å². The van der Waals surface area contributed by atoms with Crippen LogP contribution in [0, 0.1) is 24.7 Å². The molecular formula is C86H93ClN12O7S3. The molecule has 4 fully saturated rings. The summed E-state index contributed by atoms with van der Waals surface area (Å²) in [5.41, 5.74) is 16.9. The highest BCUT2D eigenvalue weighted by Gasteiger charge is 2.43. The number of para-hydroxylation sites is 1. The van der Waals surface area contributed by atoms with Crippen molar-refractivity contribution in [2.24, 2.45) is 23.5 Å². The number of benzene rings is 6. The maximum atomic E-state index is 14.1. The van der Waals surface area contributed by atoms with Crippen molar-refractivity contribution in [1.82, 2.24) is 55.6 Å². The van der Waals surface area contributed by atoms with E-state index in [0.717, 1.165) is 155 Å². The first-order chi connectivity index (χ1) is 53.0. The molecule has 0 spiro atoms. The number of rotatable bonds is 20. The smallest absolute Gasteiger partial charge is 0.250 e. The molecule has 4 aliphatic rings. The summed E-state index contributed by atoms with van der Waals surface area (Å²) in [6.07, 6.45) is 11.9. The second-order valence-electron chi connectivity index (χ2n) is 28.6. The van der Waals surface area contributed by atoms with E-state index in [-0.39, 0.29) is 71.3 Å². The van der Waals surface area contributed by atoms with Crippen molar-refractivity contribution < 1.29 is 33.5 Å². The number of carbonyl (C=O) groups is 6. The number of aryl methyl sites for hydroxylation is 1. The Bertz CT molecular complexity index is 5000. The molecule has 23 heteroatoms. The highest BCUT2D eigenvalue weighted by atomic mass is 35.5. The molecule has 4 saturated heterocycles. The molecule has 5 aromatic heterocycles. The van der Waals surface area contributed by atoms with Crippen molar-refractivity contribution in [1.29, 1.82) is 0 Å². The maximum Gasteiger partial charge on any atom is 0.250 e. The zero-order valence-corrected chi connectivity index (χ0v) is 65.5. The van der Waals surface area contributed by atoms with E-state index >= 15 is 0 Å². The summed E-state index contributed by atoms with van der Waals surface area (Å²) in [7, 11) is 0. The van der Waals surface area contributed by atoms with Gasteiger partial charge < -0.3 is 41.1 Å². The largest absolute Gasteiger partial charge is 0.381 e. The minimum atomic E-state index is -0.800. The second kappa shape index (κ2) is 35.8. The van der Waals surface area contributed by atoms with Gasteiger partial charge in [0.25, 0.3) is 0 Å². The molecule has 11 aromatic rings. The first-order valence-corrected chi connectivity index (χ1v) is 40.8. The van der Waals surface area contributed by atoms with Crippen LogP contribution in [0.4, 0.5) is 0 Å². The highest BCUT2D eigenvalue weighted by molar-refractivity contribution is 7.19. The molecule has 9 heterocycles. The van der Waals surface area contributed by atoms with E-state index < -0.39 is 24.2 Å². The number of fused-ring (bicyclic) bond motifs is 3. The number of pyridine rings is 2. The third-order valence-electron chi connectivity index (χ3n) is 21.2. The molecule has 9 atom stereocenters. The van der Waals surface area contributed by atoms with Crippen LogP contribution in [-0.2, 0) is 33.5 Å². The molecule has 5 N–H and O–H groups in total. The molecule has 0 saturated carbocycles. The van der Waals surface area contributed by atoms with Crippen molar-refractivity contribution in [3.05, 3.63) is 219 Å². The van der Waals surface area contributed by atoms with Crippen molar-refractivity contribution in [2.45, 2.75) is 148 Å². The van der Waals surface area contributed by atoms with Crippen molar-refractivity contribution in [3.8, 4) is 33.6 Å². The molecule has 6 aromatic carbocycles. The Kier molecular flexibility index (Phi) is 25.4. The fraction of sp³-hybridized carbons (Fsp3) is 0.360. The number of aromatic nitrogens is 5. The van der Waals surface area contributed by atoms with Crippen LogP contribution < -0.4 is 21.7 Å². The fourth-order valence-electron chi connectivity index (χ4n) is 14.7. The lowest BCUT2D eigenvalue weighted by molar-refractivity contribution is -0.140. The number of hydrogen-bond acceptors (Lipinski definition) is 16. The summed E-state index contributed by atoms with van der Waals surface area (Å²) in [5, 5.41) is 12.5. The average Bonchev–Trinajstić information content (AvgIpc) is 1.64. The molecule has 0 aliphatic carbocycles. The molecule has 564 valence electrons. The van der Waals surface area contributed by atoms with Crippen LogP contribution in [0.3, 0.4) is 0 Å². The van der Waals surface area contributed by atoms with E-state index in [1.807, 2.05) is 182 Å². The zero-order chi connectivity index (χ0) is 76.2. The molecule has 0 bridgehead atoms. The summed E-state index contributed by atoms with van der Waals surface area (Å²) in [5.74, 6) is -0.935. The third kappa shape index (κ3) is 17.7. The minimum absolute atomic E-state index is 0.0108. The van der Waals surface area contributed by atoms with Crippen LogP contribution in [-0.4, -0.2) is 120 Å². The van der Waals surface area contributed by atoms with Crippen molar-refractivity contribution >= 4 is 112 Å². The predicted molar refractivity (Wildman–Crippen MR) is 434 cm³/mol. The number of halogens is 1. The lowest BCUT2D eigenvalue weighted by Gasteiger charge is -2.35. The monoisotopic (exact) mass is 1540 g/mol. The Morgan fingerprint density at radius 1 is 0.486 bits per heavy atom.